The van der Waals surface area contributed by atoms with Crippen molar-refractivity contribution in [2.75, 3.05) is 18.5 Å². The number of thiophene rings is 1. The lowest BCUT2D eigenvalue weighted by atomic mass is 10.1. The van der Waals surface area contributed by atoms with Gasteiger partial charge in [0.1, 0.15) is 0 Å². The molecular formula is C12H14N2OS. The molecule has 0 saturated heterocycles. The molecule has 0 unspecified atom stereocenters. The minimum absolute atomic E-state index is 0.693. The van der Waals surface area contributed by atoms with Crippen LogP contribution in [0.5, 0.6) is 0 Å². The smallest absolute Gasteiger partial charge is 0.0834 e. The molecule has 1 aliphatic rings. The molecule has 2 aromatic heterocycles. The van der Waals surface area contributed by atoms with E-state index in [9.17, 15) is 0 Å². The Morgan fingerprint density at radius 2 is 2.50 bits per heavy atom. The minimum Gasteiger partial charge on any atom is -0.384 e. The summed E-state index contributed by atoms with van der Waals surface area (Å²) in [5.41, 5.74) is 4.80. The van der Waals surface area contributed by atoms with Crippen molar-refractivity contribution >= 4 is 27.2 Å². The fourth-order valence-electron chi connectivity index (χ4n) is 2.14. The zero-order valence-electron chi connectivity index (χ0n) is 9.25. The van der Waals surface area contributed by atoms with E-state index in [1.165, 1.54) is 21.6 Å². The van der Waals surface area contributed by atoms with E-state index in [-0.39, 0.29) is 0 Å². The van der Waals surface area contributed by atoms with Crippen molar-refractivity contribution in [2.45, 2.75) is 20.0 Å². The summed E-state index contributed by atoms with van der Waals surface area (Å²) in [4.78, 5) is 4.71. The van der Waals surface area contributed by atoms with Gasteiger partial charge in [-0.15, -0.1) is 11.3 Å². The molecule has 2 aromatic rings. The number of ether oxygens (including phenoxy) is 1. The summed E-state index contributed by atoms with van der Waals surface area (Å²) in [5.74, 6) is 0. The molecule has 4 heteroatoms. The number of pyridine rings is 1. The molecule has 1 N–H and O–H groups in total. The second kappa shape index (κ2) is 4.03. The summed E-state index contributed by atoms with van der Waals surface area (Å²) in [6.07, 6.45) is 0.930. The Hall–Kier alpha value is -1.13. The van der Waals surface area contributed by atoms with Gasteiger partial charge in [-0.1, -0.05) is 0 Å². The second-order valence-electron chi connectivity index (χ2n) is 3.88. The first-order valence-corrected chi connectivity index (χ1v) is 6.48. The van der Waals surface area contributed by atoms with Crippen LogP contribution >= 0.6 is 11.3 Å². The number of aromatic nitrogens is 1. The van der Waals surface area contributed by atoms with Gasteiger partial charge >= 0.3 is 0 Å². The molecule has 0 amide bonds. The first kappa shape index (κ1) is 10.1. The number of hydrogen-bond donors (Lipinski definition) is 1. The van der Waals surface area contributed by atoms with Gasteiger partial charge < -0.3 is 10.1 Å². The highest BCUT2D eigenvalue weighted by Gasteiger charge is 2.18. The van der Waals surface area contributed by atoms with E-state index in [4.69, 9.17) is 9.72 Å². The van der Waals surface area contributed by atoms with E-state index in [0.717, 1.165) is 25.1 Å². The van der Waals surface area contributed by atoms with Crippen LogP contribution in [-0.4, -0.2) is 18.1 Å². The quantitative estimate of drug-likeness (QED) is 0.867. The molecule has 3 heterocycles. The van der Waals surface area contributed by atoms with Crippen LogP contribution in [0.25, 0.3) is 10.2 Å². The number of nitrogens with one attached hydrogen (secondary N) is 1. The highest BCUT2D eigenvalue weighted by atomic mass is 32.1. The molecule has 84 valence electrons. The number of nitrogens with zero attached hydrogens (tertiary/aromatic N) is 1. The Balaban J connectivity index is 2.26. The molecule has 0 saturated carbocycles. The van der Waals surface area contributed by atoms with Crippen molar-refractivity contribution in [1.29, 1.82) is 0 Å². The Morgan fingerprint density at radius 1 is 1.56 bits per heavy atom. The van der Waals surface area contributed by atoms with Crippen LogP contribution in [0.2, 0.25) is 0 Å². The summed E-state index contributed by atoms with van der Waals surface area (Å²) in [6.45, 7) is 4.54. The first-order valence-electron chi connectivity index (χ1n) is 5.60. The van der Waals surface area contributed by atoms with Crippen molar-refractivity contribution in [3.05, 3.63) is 22.7 Å². The molecule has 0 radical (unpaired) electrons. The lowest BCUT2D eigenvalue weighted by molar-refractivity contribution is 0.110. The molecule has 0 atom stereocenters. The summed E-state index contributed by atoms with van der Waals surface area (Å²) >= 11 is 1.75. The lowest BCUT2D eigenvalue weighted by Crippen LogP contribution is -2.14. The Kier molecular flexibility index (Phi) is 2.53. The molecule has 0 spiro atoms. The van der Waals surface area contributed by atoms with Crippen molar-refractivity contribution < 1.29 is 4.74 Å². The number of anilines is 1. The van der Waals surface area contributed by atoms with Crippen molar-refractivity contribution in [1.82, 2.24) is 4.98 Å². The number of rotatable bonds is 2. The summed E-state index contributed by atoms with van der Waals surface area (Å²) in [5, 5.41) is 5.56. The monoisotopic (exact) mass is 234 g/mol. The predicted octanol–water partition coefficient (Wildman–Crippen LogP) is 2.80. The van der Waals surface area contributed by atoms with E-state index >= 15 is 0 Å². The average molecular weight is 234 g/mol. The van der Waals surface area contributed by atoms with Crippen LogP contribution in [0.4, 0.5) is 5.69 Å². The van der Waals surface area contributed by atoms with E-state index in [0.29, 0.717) is 6.61 Å². The van der Waals surface area contributed by atoms with Crippen LogP contribution in [-0.2, 0) is 17.8 Å². The third kappa shape index (κ3) is 1.49. The summed E-state index contributed by atoms with van der Waals surface area (Å²) < 4.78 is 6.79. The molecule has 0 aliphatic carbocycles. The fraction of sp³-hybridized carbons (Fsp3) is 0.417. The largest absolute Gasteiger partial charge is 0.384 e. The minimum atomic E-state index is 0.693. The molecule has 0 aromatic carbocycles. The predicted molar refractivity (Wildman–Crippen MR) is 67.1 cm³/mol. The number of hydrogen-bond acceptors (Lipinski definition) is 4. The van der Waals surface area contributed by atoms with E-state index in [1.807, 2.05) is 0 Å². The number of fused-ring (bicyclic) bond motifs is 2. The molecule has 1 aliphatic heterocycles. The lowest BCUT2D eigenvalue weighted by Gasteiger charge is -2.20. The average Bonchev–Trinajstić information content (AvgIpc) is 2.77. The van der Waals surface area contributed by atoms with Gasteiger partial charge in [-0.05, 0) is 18.4 Å². The Bertz CT molecular complexity index is 521. The maximum absolute atomic E-state index is 5.53. The fourth-order valence-corrected chi connectivity index (χ4v) is 3.02. The zero-order valence-corrected chi connectivity index (χ0v) is 10.1. The van der Waals surface area contributed by atoms with E-state index in [1.54, 1.807) is 11.3 Å². The van der Waals surface area contributed by atoms with Gasteiger partial charge in [0.2, 0.25) is 0 Å². The third-order valence-electron chi connectivity index (χ3n) is 2.86. The van der Waals surface area contributed by atoms with Crippen LogP contribution in [0.1, 0.15) is 18.2 Å². The van der Waals surface area contributed by atoms with Gasteiger partial charge in [-0.2, -0.15) is 0 Å². The Labute approximate surface area is 98.5 Å². The molecule has 0 fully saturated rings. The highest BCUT2D eigenvalue weighted by molar-refractivity contribution is 7.17. The maximum atomic E-state index is 5.53. The van der Waals surface area contributed by atoms with Gasteiger partial charge in [0.15, 0.2) is 0 Å². The van der Waals surface area contributed by atoms with Crippen LogP contribution in [0.15, 0.2) is 11.4 Å². The van der Waals surface area contributed by atoms with Crippen molar-refractivity contribution in [2.24, 2.45) is 0 Å². The van der Waals surface area contributed by atoms with Crippen LogP contribution in [0, 0.1) is 0 Å². The Morgan fingerprint density at radius 3 is 3.38 bits per heavy atom. The summed E-state index contributed by atoms with van der Waals surface area (Å²) in [7, 11) is 0. The topological polar surface area (TPSA) is 34.2 Å². The van der Waals surface area contributed by atoms with Crippen LogP contribution < -0.4 is 5.32 Å². The van der Waals surface area contributed by atoms with Gasteiger partial charge in [-0.3, -0.25) is 4.98 Å². The summed E-state index contributed by atoms with van der Waals surface area (Å²) in [6, 6.07) is 2.09. The highest BCUT2D eigenvalue weighted by Crippen LogP contribution is 2.34. The van der Waals surface area contributed by atoms with Gasteiger partial charge in [0, 0.05) is 18.5 Å². The third-order valence-corrected chi connectivity index (χ3v) is 3.78. The first-order chi connectivity index (χ1) is 7.90. The normalized spacial score (nSPS) is 15.1. The van der Waals surface area contributed by atoms with Gasteiger partial charge in [-0.25, -0.2) is 0 Å². The van der Waals surface area contributed by atoms with Gasteiger partial charge in [0.05, 0.1) is 34.8 Å². The molecule has 16 heavy (non-hydrogen) atoms. The van der Waals surface area contributed by atoms with Crippen molar-refractivity contribution in [3.63, 3.8) is 0 Å². The second-order valence-corrected chi connectivity index (χ2v) is 4.80. The maximum Gasteiger partial charge on any atom is 0.0834 e. The molecular weight excluding hydrogens is 220 g/mol. The van der Waals surface area contributed by atoms with Crippen molar-refractivity contribution in [3.8, 4) is 0 Å². The van der Waals surface area contributed by atoms with E-state index < -0.39 is 0 Å². The van der Waals surface area contributed by atoms with Crippen LogP contribution in [0.3, 0.4) is 0 Å². The SMILES string of the molecule is CCNc1c2c(nc3ccsc13)CCOC2. The molecule has 3 nitrogen and oxygen atoms in total. The molecule has 3 rings (SSSR count). The molecule has 0 bridgehead atoms. The van der Waals surface area contributed by atoms with Gasteiger partial charge in [0.25, 0.3) is 0 Å². The standard InChI is InChI=1S/C12H14N2OS/c1-2-13-11-8-7-15-5-3-9(8)14-10-4-6-16-12(10)11/h4,6H,2-3,5,7H2,1H3,(H,13,14). The van der Waals surface area contributed by atoms with E-state index in [2.05, 4.69) is 23.7 Å². The zero-order chi connectivity index (χ0) is 11.0.